The summed E-state index contributed by atoms with van der Waals surface area (Å²) < 4.78 is 0. The lowest BCUT2D eigenvalue weighted by Crippen LogP contribution is -2.20. The molecule has 0 bridgehead atoms. The van der Waals surface area contributed by atoms with Crippen LogP contribution < -0.4 is 5.32 Å². The van der Waals surface area contributed by atoms with E-state index in [0.29, 0.717) is 0 Å². The van der Waals surface area contributed by atoms with Gasteiger partial charge in [0.25, 0.3) is 0 Å². The summed E-state index contributed by atoms with van der Waals surface area (Å²) in [6, 6.07) is 0. The summed E-state index contributed by atoms with van der Waals surface area (Å²) in [6.07, 6.45) is 9.74. The molecule has 0 saturated heterocycles. The predicted molar refractivity (Wildman–Crippen MR) is 51.4 cm³/mol. The molecular weight excluding hydrogens is 148 g/mol. The average molecular weight is 164 g/mol. The summed E-state index contributed by atoms with van der Waals surface area (Å²) in [4.78, 5) is 4.34. The lowest BCUT2D eigenvalue weighted by atomic mass is 10.3. The van der Waals surface area contributed by atoms with Crippen LogP contribution in [-0.2, 0) is 0 Å². The maximum absolute atomic E-state index is 4.34. The summed E-state index contributed by atoms with van der Waals surface area (Å²) in [5, 5.41) is 3.33. The van der Waals surface area contributed by atoms with Crippen LogP contribution in [0.15, 0.2) is 17.1 Å². The first-order chi connectivity index (χ1) is 5.95. The van der Waals surface area contributed by atoms with Crippen molar-refractivity contribution < 1.29 is 0 Å². The van der Waals surface area contributed by atoms with Crippen molar-refractivity contribution in [3.05, 3.63) is 12.2 Å². The molecule has 66 valence electrons. The quantitative estimate of drug-likeness (QED) is 0.631. The molecule has 0 aromatic carbocycles. The van der Waals surface area contributed by atoms with Crippen molar-refractivity contribution in [1.82, 2.24) is 5.32 Å². The Hall–Kier alpha value is -0.790. The van der Waals surface area contributed by atoms with Crippen molar-refractivity contribution in [2.45, 2.75) is 25.7 Å². The Morgan fingerprint density at radius 1 is 1.50 bits per heavy atom. The molecule has 0 unspecified atom stereocenters. The van der Waals surface area contributed by atoms with Gasteiger partial charge in [-0.05, 0) is 25.2 Å². The molecule has 0 spiro atoms. The second-order valence-electron chi connectivity index (χ2n) is 3.58. The predicted octanol–water partition coefficient (Wildman–Crippen LogP) is 1.73. The smallest absolute Gasteiger partial charge is 0.0966 e. The lowest BCUT2D eigenvalue weighted by molar-refractivity contribution is 0.937. The average Bonchev–Trinajstić information content (AvgIpc) is 2.76. The summed E-state index contributed by atoms with van der Waals surface area (Å²) in [5.74, 6) is 2.10. The molecule has 2 aliphatic rings. The molecule has 0 aromatic rings. The summed E-state index contributed by atoms with van der Waals surface area (Å²) in [6.45, 7) is 1.99. The second kappa shape index (κ2) is 3.74. The minimum atomic E-state index is 0.900. The van der Waals surface area contributed by atoms with Crippen LogP contribution >= 0.6 is 0 Å². The van der Waals surface area contributed by atoms with Crippen LogP contribution in [0.4, 0.5) is 0 Å². The molecule has 0 radical (unpaired) electrons. The molecule has 12 heavy (non-hydrogen) atoms. The first kappa shape index (κ1) is 7.84. The van der Waals surface area contributed by atoms with Gasteiger partial charge in [0, 0.05) is 19.5 Å². The van der Waals surface area contributed by atoms with Gasteiger partial charge in [-0.1, -0.05) is 12.2 Å². The highest BCUT2D eigenvalue weighted by Gasteiger charge is 2.16. The Labute approximate surface area is 73.8 Å². The molecule has 2 heteroatoms. The zero-order valence-corrected chi connectivity index (χ0v) is 7.42. The molecule has 2 rings (SSSR count). The fourth-order valence-electron chi connectivity index (χ4n) is 1.41. The van der Waals surface area contributed by atoms with E-state index in [4.69, 9.17) is 0 Å². The number of hydrogen-bond donors (Lipinski definition) is 1. The van der Waals surface area contributed by atoms with E-state index in [1.54, 1.807) is 0 Å². The SMILES string of the molecule is C(=C\C1CC1)/CNC1=NCCC1. The van der Waals surface area contributed by atoms with Crippen molar-refractivity contribution >= 4 is 5.84 Å². The van der Waals surface area contributed by atoms with Crippen LogP contribution in [0.2, 0.25) is 0 Å². The molecule has 1 fully saturated rings. The van der Waals surface area contributed by atoms with Gasteiger partial charge in [-0.15, -0.1) is 0 Å². The van der Waals surface area contributed by atoms with Crippen LogP contribution in [0, 0.1) is 5.92 Å². The first-order valence-electron chi connectivity index (χ1n) is 4.89. The third-order valence-corrected chi connectivity index (χ3v) is 2.33. The fourth-order valence-corrected chi connectivity index (χ4v) is 1.41. The number of aliphatic imine (C=N–C) groups is 1. The summed E-state index contributed by atoms with van der Waals surface area (Å²) in [7, 11) is 0. The molecule has 0 aromatic heterocycles. The van der Waals surface area contributed by atoms with Crippen LogP contribution in [-0.4, -0.2) is 18.9 Å². The topological polar surface area (TPSA) is 24.4 Å². The highest BCUT2D eigenvalue weighted by molar-refractivity contribution is 5.83. The van der Waals surface area contributed by atoms with Crippen LogP contribution in [0.3, 0.4) is 0 Å². The molecule has 1 aliphatic carbocycles. The van der Waals surface area contributed by atoms with E-state index in [9.17, 15) is 0 Å². The van der Waals surface area contributed by atoms with Crippen molar-refractivity contribution in [2.75, 3.05) is 13.1 Å². The van der Waals surface area contributed by atoms with E-state index in [0.717, 1.165) is 25.4 Å². The maximum Gasteiger partial charge on any atom is 0.0966 e. The molecule has 1 aliphatic heterocycles. The summed E-state index contributed by atoms with van der Waals surface area (Å²) >= 11 is 0. The standard InChI is InChI=1S/C10H16N2/c1(3-9-5-6-9)7-11-10-4-2-8-12-10/h1,3,9H,2,4-8H2,(H,11,12)/b3-1+. The normalized spacial score (nSPS) is 23.2. The minimum Gasteiger partial charge on any atom is -0.370 e. The van der Waals surface area contributed by atoms with Gasteiger partial charge in [0.05, 0.1) is 5.84 Å². The molecular formula is C10H16N2. The highest BCUT2D eigenvalue weighted by atomic mass is 15.0. The number of nitrogens with one attached hydrogen (secondary N) is 1. The first-order valence-corrected chi connectivity index (χ1v) is 4.89. The van der Waals surface area contributed by atoms with Crippen molar-refractivity contribution in [1.29, 1.82) is 0 Å². The fraction of sp³-hybridized carbons (Fsp3) is 0.700. The number of allylic oxidation sites excluding steroid dienone is 1. The minimum absolute atomic E-state index is 0.900. The van der Waals surface area contributed by atoms with Crippen LogP contribution in [0.25, 0.3) is 0 Å². The zero-order chi connectivity index (χ0) is 8.23. The van der Waals surface area contributed by atoms with Gasteiger partial charge < -0.3 is 5.32 Å². The third-order valence-electron chi connectivity index (χ3n) is 2.33. The Kier molecular flexibility index (Phi) is 2.45. The summed E-state index contributed by atoms with van der Waals surface area (Å²) in [5.41, 5.74) is 0. The second-order valence-corrected chi connectivity index (χ2v) is 3.58. The highest BCUT2D eigenvalue weighted by Crippen LogP contribution is 2.29. The molecule has 0 atom stereocenters. The van der Waals surface area contributed by atoms with E-state index in [1.165, 1.54) is 25.1 Å². The number of rotatable bonds is 3. The lowest BCUT2D eigenvalue weighted by Gasteiger charge is -1.99. The monoisotopic (exact) mass is 164 g/mol. The zero-order valence-electron chi connectivity index (χ0n) is 7.42. The van der Waals surface area contributed by atoms with E-state index in [1.807, 2.05) is 0 Å². The molecule has 1 N–H and O–H groups in total. The largest absolute Gasteiger partial charge is 0.370 e. The van der Waals surface area contributed by atoms with Gasteiger partial charge in [-0.3, -0.25) is 4.99 Å². The Balaban J connectivity index is 1.60. The number of hydrogen-bond acceptors (Lipinski definition) is 2. The van der Waals surface area contributed by atoms with Gasteiger partial charge in [0.15, 0.2) is 0 Å². The van der Waals surface area contributed by atoms with Gasteiger partial charge in [-0.2, -0.15) is 0 Å². The third kappa shape index (κ3) is 2.36. The van der Waals surface area contributed by atoms with Crippen molar-refractivity contribution in [3.8, 4) is 0 Å². The van der Waals surface area contributed by atoms with Crippen molar-refractivity contribution in [3.63, 3.8) is 0 Å². The Morgan fingerprint density at radius 2 is 2.42 bits per heavy atom. The van der Waals surface area contributed by atoms with E-state index in [2.05, 4.69) is 22.5 Å². The van der Waals surface area contributed by atoms with E-state index in [-0.39, 0.29) is 0 Å². The van der Waals surface area contributed by atoms with Crippen LogP contribution in [0.5, 0.6) is 0 Å². The molecule has 1 saturated carbocycles. The van der Waals surface area contributed by atoms with E-state index < -0.39 is 0 Å². The Bertz CT molecular complexity index is 202. The molecule has 1 heterocycles. The van der Waals surface area contributed by atoms with Gasteiger partial charge >= 0.3 is 0 Å². The molecule has 2 nitrogen and oxygen atoms in total. The van der Waals surface area contributed by atoms with Crippen molar-refractivity contribution in [2.24, 2.45) is 10.9 Å². The molecule has 0 amide bonds. The number of amidine groups is 1. The van der Waals surface area contributed by atoms with E-state index >= 15 is 0 Å². The van der Waals surface area contributed by atoms with Crippen LogP contribution in [0.1, 0.15) is 25.7 Å². The maximum atomic E-state index is 4.34. The van der Waals surface area contributed by atoms with Gasteiger partial charge in [0.2, 0.25) is 0 Å². The van der Waals surface area contributed by atoms with Gasteiger partial charge in [-0.25, -0.2) is 0 Å². The number of nitrogens with zero attached hydrogens (tertiary/aromatic N) is 1. The van der Waals surface area contributed by atoms with Gasteiger partial charge in [0.1, 0.15) is 0 Å². The Morgan fingerprint density at radius 3 is 3.08 bits per heavy atom.